The molecule has 2 aliphatic rings. The third-order valence-corrected chi connectivity index (χ3v) is 9.58. The fourth-order valence-corrected chi connectivity index (χ4v) is 7.18. The number of esters is 2. The van der Waals surface area contributed by atoms with Crippen molar-refractivity contribution in [3.8, 4) is 34.5 Å². The van der Waals surface area contributed by atoms with Crippen molar-refractivity contribution in [3.05, 3.63) is 34.4 Å². The number of hydrogen-bond acceptors (Lipinski definition) is 13. The molecule has 0 aromatic heterocycles. The highest BCUT2D eigenvalue weighted by atomic mass is 16.5. The average Bonchev–Trinajstić information content (AvgIpc) is 3.61. The van der Waals surface area contributed by atoms with Gasteiger partial charge in [-0.3, -0.25) is 29.0 Å². The monoisotopic (exact) mass is 684 g/mol. The summed E-state index contributed by atoms with van der Waals surface area (Å²) in [7, 11) is 9.82. The molecule has 0 N–H and O–H groups in total. The highest BCUT2D eigenvalue weighted by Gasteiger charge is 2.43. The number of likely N-dealkylation sites (tertiary alicyclic amines) is 2. The van der Waals surface area contributed by atoms with E-state index in [-0.39, 0.29) is 82.8 Å². The van der Waals surface area contributed by atoms with Crippen LogP contribution in [-0.2, 0) is 19.1 Å². The number of nitrogens with zero attached hydrogens (tertiary/aromatic N) is 2. The van der Waals surface area contributed by atoms with Crippen LogP contribution in [0.2, 0.25) is 0 Å². The van der Waals surface area contributed by atoms with E-state index in [4.69, 9.17) is 33.2 Å². The Morgan fingerprint density at radius 1 is 0.612 bits per heavy atom. The molecule has 13 heteroatoms. The van der Waals surface area contributed by atoms with Crippen molar-refractivity contribution in [2.24, 2.45) is 0 Å². The topological polar surface area (TPSA) is 139 Å². The first-order chi connectivity index (χ1) is 23.3. The molecule has 0 radical (unpaired) electrons. The zero-order chi connectivity index (χ0) is 36.2. The van der Waals surface area contributed by atoms with E-state index in [1.165, 1.54) is 56.1 Å². The summed E-state index contributed by atoms with van der Waals surface area (Å²) in [5.74, 6) is -0.582. The molecule has 2 heterocycles. The van der Waals surface area contributed by atoms with Gasteiger partial charge in [0.25, 0.3) is 0 Å². The van der Waals surface area contributed by atoms with Crippen molar-refractivity contribution in [2.45, 2.75) is 64.5 Å². The summed E-state index contributed by atoms with van der Waals surface area (Å²) in [6, 6.07) is 2.74. The normalized spacial score (nSPS) is 20.9. The molecule has 0 aliphatic carbocycles. The van der Waals surface area contributed by atoms with Gasteiger partial charge in [0.1, 0.15) is 58.8 Å². The second-order valence-electron chi connectivity index (χ2n) is 12.5. The summed E-state index contributed by atoms with van der Waals surface area (Å²) in [6.07, 6.45) is 1.26. The largest absolute Gasteiger partial charge is 0.496 e. The van der Waals surface area contributed by atoms with Gasteiger partial charge in [-0.2, -0.15) is 0 Å². The van der Waals surface area contributed by atoms with E-state index in [0.717, 1.165) is 0 Å². The molecule has 2 aromatic rings. The van der Waals surface area contributed by atoms with Crippen molar-refractivity contribution in [1.82, 2.24) is 9.80 Å². The Morgan fingerprint density at radius 2 is 0.959 bits per heavy atom. The Balaban J connectivity index is 2.09. The molecule has 4 atom stereocenters. The lowest BCUT2D eigenvalue weighted by atomic mass is 9.86. The maximum atomic E-state index is 13.6. The third kappa shape index (κ3) is 7.62. The summed E-state index contributed by atoms with van der Waals surface area (Å²) in [5.41, 5.74) is 1.44. The van der Waals surface area contributed by atoms with Gasteiger partial charge in [0, 0.05) is 48.9 Å². The third-order valence-electron chi connectivity index (χ3n) is 9.58. The number of ketones is 2. The number of ether oxygens (including phenoxy) is 7. The van der Waals surface area contributed by atoms with Crippen LogP contribution in [0.3, 0.4) is 0 Å². The highest BCUT2D eigenvalue weighted by molar-refractivity contribution is 6.03. The van der Waals surface area contributed by atoms with Crippen molar-refractivity contribution in [2.75, 3.05) is 68.8 Å². The molecule has 0 saturated carbocycles. The van der Waals surface area contributed by atoms with Crippen LogP contribution in [-0.4, -0.2) is 114 Å². The summed E-state index contributed by atoms with van der Waals surface area (Å²) in [6.45, 7) is 7.09. The quantitative estimate of drug-likeness (QED) is 0.202. The van der Waals surface area contributed by atoms with Crippen LogP contribution in [0, 0.1) is 0 Å². The summed E-state index contributed by atoms with van der Waals surface area (Å²) in [4.78, 5) is 55.1. The number of hydrogen-bond donors (Lipinski definition) is 0. The van der Waals surface area contributed by atoms with E-state index in [2.05, 4.69) is 9.80 Å². The van der Waals surface area contributed by atoms with Gasteiger partial charge in [-0.05, 0) is 53.9 Å². The van der Waals surface area contributed by atoms with Crippen LogP contribution < -0.4 is 23.7 Å². The lowest BCUT2D eigenvalue weighted by Gasteiger charge is -2.31. The molecule has 0 spiro atoms. The summed E-state index contributed by atoms with van der Waals surface area (Å²) < 4.78 is 41.3. The molecule has 4 unspecified atom stereocenters. The smallest absolute Gasteiger partial charge is 0.302 e. The van der Waals surface area contributed by atoms with Gasteiger partial charge in [-0.25, -0.2) is 0 Å². The number of carbonyl (C=O) groups is 4. The Labute approximate surface area is 287 Å². The van der Waals surface area contributed by atoms with Crippen molar-refractivity contribution in [1.29, 1.82) is 0 Å². The summed E-state index contributed by atoms with van der Waals surface area (Å²) >= 11 is 0. The SMILES string of the molecule is COc1cc(OC)c(C2CCN(C)C2COC(C)=O)c(Oc2c(C(C)=O)c(OC)cc(OC)c2C2CCN(C)C2COC(C)=O)c1C(C)=O. The Kier molecular flexibility index (Phi) is 12.2. The van der Waals surface area contributed by atoms with Crippen molar-refractivity contribution in [3.63, 3.8) is 0 Å². The fourth-order valence-electron chi connectivity index (χ4n) is 7.18. The Morgan fingerprint density at radius 3 is 1.24 bits per heavy atom. The molecule has 2 aliphatic heterocycles. The maximum Gasteiger partial charge on any atom is 0.302 e. The van der Waals surface area contributed by atoms with Crippen LogP contribution in [0.1, 0.15) is 84.2 Å². The van der Waals surface area contributed by atoms with E-state index in [1.54, 1.807) is 12.1 Å². The Bertz CT molecular complexity index is 1470. The van der Waals surface area contributed by atoms with Gasteiger partial charge in [0.15, 0.2) is 11.6 Å². The number of likely N-dealkylation sites (N-methyl/N-ethyl adjacent to an activating group) is 2. The van der Waals surface area contributed by atoms with E-state index >= 15 is 0 Å². The van der Waals surface area contributed by atoms with Gasteiger partial charge in [0.2, 0.25) is 0 Å². The van der Waals surface area contributed by atoms with Crippen molar-refractivity contribution < 1.29 is 52.3 Å². The van der Waals surface area contributed by atoms with E-state index in [0.29, 0.717) is 48.6 Å². The first-order valence-corrected chi connectivity index (χ1v) is 16.2. The maximum absolute atomic E-state index is 13.6. The van der Waals surface area contributed by atoms with E-state index in [9.17, 15) is 19.2 Å². The minimum atomic E-state index is -0.411. The van der Waals surface area contributed by atoms with Crippen LogP contribution in [0.25, 0.3) is 0 Å². The van der Waals surface area contributed by atoms with Gasteiger partial charge < -0.3 is 33.2 Å². The van der Waals surface area contributed by atoms with Gasteiger partial charge in [-0.15, -0.1) is 0 Å². The molecule has 0 amide bonds. The molecule has 4 rings (SSSR count). The Hall–Kier alpha value is -4.36. The predicted molar refractivity (Wildman–Crippen MR) is 180 cm³/mol. The molecule has 49 heavy (non-hydrogen) atoms. The molecule has 2 fully saturated rings. The molecule has 2 saturated heterocycles. The van der Waals surface area contributed by atoms with Crippen LogP contribution in [0.4, 0.5) is 0 Å². The van der Waals surface area contributed by atoms with E-state index in [1.807, 2.05) is 14.1 Å². The van der Waals surface area contributed by atoms with Crippen LogP contribution in [0.15, 0.2) is 12.1 Å². The number of benzene rings is 2. The first-order valence-electron chi connectivity index (χ1n) is 16.2. The fraction of sp³-hybridized carbons (Fsp3) is 0.556. The number of methoxy groups -OCH3 is 4. The van der Waals surface area contributed by atoms with Crippen molar-refractivity contribution >= 4 is 23.5 Å². The minimum Gasteiger partial charge on any atom is -0.496 e. The number of carbonyl (C=O) groups excluding carboxylic acids is 4. The molecule has 0 bridgehead atoms. The van der Waals surface area contributed by atoms with Gasteiger partial charge in [0.05, 0.1) is 40.5 Å². The van der Waals surface area contributed by atoms with Crippen LogP contribution in [0.5, 0.6) is 34.5 Å². The lowest BCUT2D eigenvalue weighted by Crippen LogP contribution is -2.34. The second-order valence-corrected chi connectivity index (χ2v) is 12.5. The summed E-state index contributed by atoms with van der Waals surface area (Å²) in [5, 5.41) is 0. The highest BCUT2D eigenvalue weighted by Crippen LogP contribution is 2.54. The van der Waals surface area contributed by atoms with E-state index < -0.39 is 11.9 Å². The molecule has 13 nitrogen and oxygen atoms in total. The first kappa shape index (κ1) is 37.5. The second kappa shape index (κ2) is 15.9. The predicted octanol–water partition coefficient (Wildman–Crippen LogP) is 4.62. The van der Waals surface area contributed by atoms with Gasteiger partial charge >= 0.3 is 11.9 Å². The number of Topliss-reactive ketones (excluding diaryl/α,β-unsaturated/α-hetero) is 2. The van der Waals surface area contributed by atoms with Crippen LogP contribution >= 0.6 is 0 Å². The molecular weight excluding hydrogens is 636 g/mol. The average molecular weight is 685 g/mol. The number of rotatable bonds is 14. The van der Waals surface area contributed by atoms with Gasteiger partial charge in [-0.1, -0.05) is 0 Å². The molecule has 2 aromatic carbocycles. The molecular formula is C36H48N2O11. The lowest BCUT2D eigenvalue weighted by molar-refractivity contribution is -0.143. The zero-order valence-electron chi connectivity index (χ0n) is 30.1. The zero-order valence-corrected chi connectivity index (χ0v) is 30.1. The molecule has 268 valence electrons. The minimum absolute atomic E-state index is 0.101. The standard InChI is InChI=1S/C36H48N2O11/c1-19(39)31-27(43-7)15-29(45-9)33(23-11-13-37(5)25(23)17-47-21(3)41)35(31)49-36-32(20(2)40)28(44-8)16-30(46-10)34(36)24-12-14-38(6)26(24)18-48-22(4)42/h15-16,23-26H,11-14,17-18H2,1-10H3.